The molecule has 0 aromatic heterocycles. The minimum Gasteiger partial charge on any atom is -0.391 e. The molecule has 0 saturated carbocycles. The number of nitrogens with zero attached hydrogens (tertiary/aromatic N) is 2. The van der Waals surface area contributed by atoms with Crippen LogP contribution in [0, 0.1) is 0 Å². The molecule has 1 aliphatic rings. The Bertz CT molecular complexity index is 1260. The second-order valence-electron chi connectivity index (χ2n) is 9.47. The van der Waals surface area contributed by atoms with Crippen LogP contribution < -0.4 is 21.0 Å². The molecule has 4 rings (SSSR count). The summed E-state index contributed by atoms with van der Waals surface area (Å²) in [6.07, 6.45) is -1.19. The number of hydroxylamine groups is 1. The molecule has 1 fully saturated rings. The Morgan fingerprint density at radius 2 is 1.44 bits per heavy atom. The Balaban J connectivity index is 1.27. The molecule has 10 nitrogen and oxygen atoms in total. The standard InChI is InChI=1S/C29H33N5O5/c1-20(35)27(29(38)32-39)31-28(37)23-9-7-21(8-10-23)22-11-13-24(14-12-22)30-26(36)19-33-15-17-34(18-16-33)25-5-3-2-4-6-25/h2-14,20,27,35,39H,15-19H2,1H3,(H,30,36)(H,31,37)(H,32,38)/t20-,27+/m1/s1. The van der Waals surface area contributed by atoms with Crippen molar-refractivity contribution in [2.24, 2.45) is 0 Å². The van der Waals surface area contributed by atoms with Gasteiger partial charge < -0.3 is 20.6 Å². The predicted molar refractivity (Wildman–Crippen MR) is 148 cm³/mol. The molecular formula is C29H33N5O5. The predicted octanol–water partition coefficient (Wildman–Crippen LogP) is 2.10. The van der Waals surface area contributed by atoms with E-state index in [1.54, 1.807) is 24.3 Å². The van der Waals surface area contributed by atoms with Gasteiger partial charge in [-0.1, -0.05) is 42.5 Å². The molecule has 10 heteroatoms. The molecule has 0 aliphatic carbocycles. The maximum Gasteiger partial charge on any atom is 0.268 e. The SMILES string of the molecule is C[C@@H](O)[C@H](NC(=O)c1ccc(-c2ccc(NC(=O)CN3CCN(c4ccccc4)CC3)cc2)cc1)C(=O)NO. The van der Waals surface area contributed by atoms with Crippen LogP contribution in [-0.2, 0) is 9.59 Å². The third kappa shape index (κ3) is 7.41. The van der Waals surface area contributed by atoms with Crippen molar-refractivity contribution in [2.45, 2.75) is 19.1 Å². The lowest BCUT2D eigenvalue weighted by molar-refractivity contribution is -0.133. The fourth-order valence-corrected chi connectivity index (χ4v) is 4.47. The van der Waals surface area contributed by atoms with Crippen molar-refractivity contribution >= 4 is 29.1 Å². The third-order valence-electron chi connectivity index (χ3n) is 6.67. The summed E-state index contributed by atoms with van der Waals surface area (Å²) >= 11 is 0. The van der Waals surface area contributed by atoms with E-state index in [0.717, 1.165) is 37.3 Å². The molecule has 3 amide bonds. The van der Waals surface area contributed by atoms with E-state index in [9.17, 15) is 19.5 Å². The molecule has 0 bridgehead atoms. The van der Waals surface area contributed by atoms with Gasteiger partial charge in [-0.3, -0.25) is 24.5 Å². The first kappa shape index (κ1) is 27.8. The summed E-state index contributed by atoms with van der Waals surface area (Å²) in [5.41, 5.74) is 5.40. The highest BCUT2D eigenvalue weighted by atomic mass is 16.5. The Hall–Kier alpha value is -4.25. The van der Waals surface area contributed by atoms with Gasteiger partial charge in [-0.15, -0.1) is 0 Å². The summed E-state index contributed by atoms with van der Waals surface area (Å²) in [5.74, 6) is -1.53. The molecule has 2 atom stereocenters. The van der Waals surface area contributed by atoms with E-state index < -0.39 is 24.0 Å². The van der Waals surface area contributed by atoms with Crippen LogP contribution in [0.2, 0.25) is 0 Å². The van der Waals surface area contributed by atoms with E-state index in [-0.39, 0.29) is 5.91 Å². The molecule has 0 spiro atoms. The second-order valence-corrected chi connectivity index (χ2v) is 9.47. The molecule has 3 aromatic carbocycles. The lowest BCUT2D eigenvalue weighted by Gasteiger charge is -2.35. The van der Waals surface area contributed by atoms with Crippen molar-refractivity contribution in [3.63, 3.8) is 0 Å². The Morgan fingerprint density at radius 1 is 0.846 bits per heavy atom. The number of para-hydroxylation sites is 1. The molecule has 1 heterocycles. The zero-order chi connectivity index (χ0) is 27.8. The minimum absolute atomic E-state index is 0.0587. The molecule has 39 heavy (non-hydrogen) atoms. The number of piperazine rings is 1. The van der Waals surface area contributed by atoms with Crippen molar-refractivity contribution in [1.29, 1.82) is 0 Å². The highest BCUT2D eigenvalue weighted by Crippen LogP contribution is 2.22. The van der Waals surface area contributed by atoms with Crippen LogP contribution in [0.15, 0.2) is 78.9 Å². The normalized spacial score (nSPS) is 15.2. The largest absolute Gasteiger partial charge is 0.391 e. The topological polar surface area (TPSA) is 134 Å². The van der Waals surface area contributed by atoms with Crippen molar-refractivity contribution < 1.29 is 24.7 Å². The first-order chi connectivity index (χ1) is 18.8. The summed E-state index contributed by atoms with van der Waals surface area (Å²) < 4.78 is 0. The molecular weight excluding hydrogens is 498 g/mol. The summed E-state index contributed by atoms with van der Waals surface area (Å²) in [5, 5.41) is 23.8. The van der Waals surface area contributed by atoms with E-state index in [2.05, 4.69) is 32.6 Å². The number of benzene rings is 3. The first-order valence-electron chi connectivity index (χ1n) is 12.8. The van der Waals surface area contributed by atoms with Gasteiger partial charge in [0, 0.05) is 43.1 Å². The smallest absolute Gasteiger partial charge is 0.268 e. The fourth-order valence-electron chi connectivity index (χ4n) is 4.47. The van der Waals surface area contributed by atoms with E-state index >= 15 is 0 Å². The molecule has 5 N–H and O–H groups in total. The maximum atomic E-state index is 12.6. The van der Waals surface area contributed by atoms with Crippen LogP contribution in [0.1, 0.15) is 17.3 Å². The van der Waals surface area contributed by atoms with Gasteiger partial charge in [0.2, 0.25) is 5.91 Å². The molecule has 3 aromatic rings. The van der Waals surface area contributed by atoms with Gasteiger partial charge in [-0.2, -0.15) is 0 Å². The van der Waals surface area contributed by atoms with E-state index in [0.29, 0.717) is 17.8 Å². The number of aliphatic hydroxyl groups excluding tert-OH is 1. The molecule has 0 unspecified atom stereocenters. The number of hydrogen-bond acceptors (Lipinski definition) is 7. The third-order valence-corrected chi connectivity index (χ3v) is 6.67. The maximum absolute atomic E-state index is 12.6. The number of carbonyl (C=O) groups is 3. The lowest BCUT2D eigenvalue weighted by Crippen LogP contribution is -2.51. The van der Waals surface area contributed by atoms with Crippen LogP contribution in [0.25, 0.3) is 11.1 Å². The van der Waals surface area contributed by atoms with Gasteiger partial charge in [0.1, 0.15) is 6.04 Å². The molecule has 1 aliphatic heterocycles. The van der Waals surface area contributed by atoms with Gasteiger partial charge in [0.15, 0.2) is 0 Å². The van der Waals surface area contributed by atoms with Crippen LogP contribution >= 0.6 is 0 Å². The number of carbonyl (C=O) groups excluding carboxylic acids is 3. The Kier molecular flexibility index (Phi) is 9.27. The van der Waals surface area contributed by atoms with Crippen LogP contribution in [0.4, 0.5) is 11.4 Å². The fraction of sp³-hybridized carbons (Fsp3) is 0.276. The average Bonchev–Trinajstić information content (AvgIpc) is 2.96. The van der Waals surface area contributed by atoms with Crippen LogP contribution in [0.5, 0.6) is 0 Å². The van der Waals surface area contributed by atoms with E-state index in [1.807, 2.05) is 42.5 Å². The second kappa shape index (κ2) is 13.0. The van der Waals surface area contributed by atoms with Gasteiger partial charge in [-0.05, 0) is 54.4 Å². The minimum atomic E-state index is -1.29. The van der Waals surface area contributed by atoms with Crippen molar-refractivity contribution in [1.82, 2.24) is 15.7 Å². The van der Waals surface area contributed by atoms with Crippen LogP contribution in [-0.4, -0.2) is 77.8 Å². The number of amides is 3. The average molecular weight is 532 g/mol. The summed E-state index contributed by atoms with van der Waals surface area (Å²) in [6, 6.07) is 23.2. The summed E-state index contributed by atoms with van der Waals surface area (Å²) in [7, 11) is 0. The number of aliphatic hydroxyl groups is 1. The summed E-state index contributed by atoms with van der Waals surface area (Å²) in [4.78, 5) is 41.2. The van der Waals surface area contributed by atoms with E-state index in [1.165, 1.54) is 18.1 Å². The summed E-state index contributed by atoms with van der Waals surface area (Å²) in [6.45, 7) is 5.08. The van der Waals surface area contributed by atoms with Gasteiger partial charge in [-0.25, -0.2) is 5.48 Å². The quantitative estimate of drug-likeness (QED) is 0.211. The van der Waals surface area contributed by atoms with Crippen molar-refractivity contribution in [3.8, 4) is 11.1 Å². The van der Waals surface area contributed by atoms with Crippen molar-refractivity contribution in [3.05, 3.63) is 84.4 Å². The number of rotatable bonds is 9. The molecule has 1 saturated heterocycles. The van der Waals surface area contributed by atoms with Crippen molar-refractivity contribution in [2.75, 3.05) is 42.9 Å². The van der Waals surface area contributed by atoms with E-state index in [4.69, 9.17) is 5.21 Å². The van der Waals surface area contributed by atoms with Gasteiger partial charge >= 0.3 is 0 Å². The first-order valence-corrected chi connectivity index (χ1v) is 12.8. The lowest BCUT2D eigenvalue weighted by atomic mass is 10.0. The van der Waals surface area contributed by atoms with Gasteiger partial charge in [0.25, 0.3) is 11.8 Å². The monoisotopic (exact) mass is 531 g/mol. The van der Waals surface area contributed by atoms with Crippen LogP contribution in [0.3, 0.4) is 0 Å². The number of nitrogens with one attached hydrogen (secondary N) is 3. The number of anilines is 2. The Labute approximate surface area is 227 Å². The van der Waals surface area contributed by atoms with Gasteiger partial charge in [0.05, 0.1) is 12.6 Å². The zero-order valence-corrected chi connectivity index (χ0v) is 21.7. The molecule has 0 radical (unpaired) electrons. The highest BCUT2D eigenvalue weighted by Gasteiger charge is 2.25. The molecule has 204 valence electrons. The number of hydrogen-bond donors (Lipinski definition) is 5. The zero-order valence-electron chi connectivity index (χ0n) is 21.7. The highest BCUT2D eigenvalue weighted by molar-refractivity contribution is 5.98. The Morgan fingerprint density at radius 3 is 2.00 bits per heavy atom.